The summed E-state index contributed by atoms with van der Waals surface area (Å²) in [5.74, 6) is 0.220. The van der Waals surface area contributed by atoms with E-state index in [2.05, 4.69) is 0 Å². The summed E-state index contributed by atoms with van der Waals surface area (Å²) >= 11 is 0. The molecule has 0 aromatic carbocycles. The quantitative estimate of drug-likeness (QED) is 0.672. The van der Waals surface area contributed by atoms with Crippen molar-refractivity contribution in [2.45, 2.75) is 46.3 Å². The number of hydrogen-bond acceptors (Lipinski definition) is 2. The minimum absolute atomic E-state index is 0.207. The summed E-state index contributed by atoms with van der Waals surface area (Å²) in [6, 6.07) is 0. The van der Waals surface area contributed by atoms with Gasteiger partial charge < -0.3 is 0 Å². The third-order valence-corrected chi connectivity index (χ3v) is 5.89. The molecule has 2 nitrogen and oxygen atoms in total. The van der Waals surface area contributed by atoms with Crippen molar-refractivity contribution in [2.24, 2.45) is 5.41 Å². The van der Waals surface area contributed by atoms with E-state index in [9.17, 15) is 8.42 Å². The molecule has 0 aromatic heterocycles. The van der Waals surface area contributed by atoms with Crippen LogP contribution in [0.25, 0.3) is 0 Å². The zero-order valence-electron chi connectivity index (χ0n) is 8.93. The van der Waals surface area contributed by atoms with Gasteiger partial charge in [0.15, 0.2) is 9.84 Å². The van der Waals surface area contributed by atoms with Crippen LogP contribution in [0.2, 0.25) is 0 Å². The largest absolute Gasteiger partial charge is 0.228 e. The Bertz CT molecular complexity index is 242. The summed E-state index contributed by atoms with van der Waals surface area (Å²) < 4.78 is 22.7. The van der Waals surface area contributed by atoms with E-state index in [0.29, 0.717) is 0 Å². The van der Waals surface area contributed by atoms with Crippen molar-refractivity contribution in [3.05, 3.63) is 0 Å². The first-order chi connectivity index (χ1) is 5.06. The molecule has 0 saturated heterocycles. The molecule has 0 fully saturated rings. The zero-order chi connectivity index (χ0) is 10.2. The summed E-state index contributed by atoms with van der Waals surface area (Å²) in [7, 11) is -2.96. The summed E-state index contributed by atoms with van der Waals surface area (Å²) in [4.78, 5) is 0. The fraction of sp³-hybridized carbons (Fsp3) is 1.00. The molecule has 0 aliphatic rings. The lowest BCUT2D eigenvalue weighted by Crippen LogP contribution is -2.45. The van der Waals surface area contributed by atoms with Crippen LogP contribution in [0.15, 0.2) is 0 Å². The van der Waals surface area contributed by atoms with Gasteiger partial charge in [0.05, 0.1) is 4.75 Å². The third kappa shape index (κ3) is 1.82. The molecule has 74 valence electrons. The molecule has 0 aromatic rings. The molecule has 0 saturated carbocycles. The predicted molar refractivity (Wildman–Crippen MR) is 53.0 cm³/mol. The molecule has 12 heavy (non-hydrogen) atoms. The first-order valence-electron chi connectivity index (χ1n) is 4.28. The standard InChI is InChI=1S/C9H20O2S/c1-7-12(10,11)9(5,6)8(2,3)4/h7H2,1-6H3. The minimum Gasteiger partial charge on any atom is -0.228 e. The van der Waals surface area contributed by atoms with Gasteiger partial charge in [-0.15, -0.1) is 0 Å². The van der Waals surface area contributed by atoms with E-state index in [-0.39, 0.29) is 11.2 Å². The highest BCUT2D eigenvalue weighted by Gasteiger charge is 2.43. The van der Waals surface area contributed by atoms with Crippen LogP contribution in [0, 0.1) is 5.41 Å². The van der Waals surface area contributed by atoms with Crippen LogP contribution >= 0.6 is 0 Å². The Kier molecular flexibility index (Phi) is 3.01. The van der Waals surface area contributed by atoms with Crippen molar-refractivity contribution in [2.75, 3.05) is 5.75 Å². The molecule has 0 N–H and O–H groups in total. The summed E-state index contributed by atoms with van der Waals surface area (Å²) in [6.07, 6.45) is 0. The van der Waals surface area contributed by atoms with Crippen molar-refractivity contribution in [1.29, 1.82) is 0 Å². The zero-order valence-corrected chi connectivity index (χ0v) is 9.75. The van der Waals surface area contributed by atoms with Crippen LogP contribution in [0.5, 0.6) is 0 Å². The molecule has 0 radical (unpaired) electrons. The molecule has 0 rings (SSSR count). The van der Waals surface area contributed by atoms with Gasteiger partial charge in [-0.2, -0.15) is 0 Å². The molecule has 0 heterocycles. The highest BCUT2D eigenvalue weighted by molar-refractivity contribution is 7.92. The van der Waals surface area contributed by atoms with E-state index >= 15 is 0 Å². The van der Waals surface area contributed by atoms with Gasteiger partial charge in [-0.05, 0) is 19.3 Å². The van der Waals surface area contributed by atoms with Crippen LogP contribution in [0.4, 0.5) is 0 Å². The fourth-order valence-electron chi connectivity index (χ4n) is 0.827. The molecule has 0 atom stereocenters. The smallest absolute Gasteiger partial charge is 0.155 e. The lowest BCUT2D eigenvalue weighted by atomic mass is 9.83. The maximum Gasteiger partial charge on any atom is 0.155 e. The molecule has 0 bridgehead atoms. The van der Waals surface area contributed by atoms with Crippen molar-refractivity contribution in [3.63, 3.8) is 0 Å². The monoisotopic (exact) mass is 192 g/mol. The van der Waals surface area contributed by atoms with Crippen LogP contribution in [-0.4, -0.2) is 18.9 Å². The number of sulfone groups is 1. The lowest BCUT2D eigenvalue weighted by molar-refractivity contribution is 0.302. The summed E-state index contributed by atoms with van der Waals surface area (Å²) in [5, 5.41) is 0. The Morgan fingerprint density at radius 3 is 1.42 bits per heavy atom. The Hall–Kier alpha value is -0.0500. The fourth-order valence-corrected chi connectivity index (χ4v) is 2.48. The van der Waals surface area contributed by atoms with Crippen LogP contribution in [0.3, 0.4) is 0 Å². The van der Waals surface area contributed by atoms with Gasteiger partial charge in [-0.25, -0.2) is 8.42 Å². The van der Waals surface area contributed by atoms with E-state index in [1.54, 1.807) is 20.8 Å². The van der Waals surface area contributed by atoms with Crippen LogP contribution in [0.1, 0.15) is 41.5 Å². The summed E-state index contributed by atoms with van der Waals surface area (Å²) in [6.45, 7) is 11.2. The molecule has 0 unspecified atom stereocenters. The van der Waals surface area contributed by atoms with Gasteiger partial charge in [0.1, 0.15) is 0 Å². The highest BCUT2D eigenvalue weighted by atomic mass is 32.2. The second-order valence-electron chi connectivity index (χ2n) is 4.66. The van der Waals surface area contributed by atoms with Crippen molar-refractivity contribution >= 4 is 9.84 Å². The van der Waals surface area contributed by atoms with Crippen LogP contribution in [-0.2, 0) is 9.84 Å². The molecule has 0 spiro atoms. The second kappa shape index (κ2) is 3.02. The van der Waals surface area contributed by atoms with Gasteiger partial charge >= 0.3 is 0 Å². The van der Waals surface area contributed by atoms with E-state index in [1.165, 1.54) is 0 Å². The average molecular weight is 192 g/mol. The van der Waals surface area contributed by atoms with E-state index in [1.807, 2.05) is 20.8 Å². The highest BCUT2D eigenvalue weighted by Crippen LogP contribution is 2.36. The van der Waals surface area contributed by atoms with Gasteiger partial charge in [0.25, 0.3) is 0 Å². The molecule has 3 heteroatoms. The van der Waals surface area contributed by atoms with E-state index in [4.69, 9.17) is 0 Å². The van der Waals surface area contributed by atoms with E-state index in [0.717, 1.165) is 0 Å². The predicted octanol–water partition coefficient (Wildman–Crippen LogP) is 2.25. The number of hydrogen-bond donors (Lipinski definition) is 0. The maximum atomic E-state index is 11.7. The summed E-state index contributed by atoms with van der Waals surface area (Å²) in [5.41, 5.74) is -0.207. The molecule has 0 aliphatic carbocycles. The Balaban J connectivity index is 5.14. The molecular formula is C9H20O2S. The van der Waals surface area contributed by atoms with Crippen LogP contribution < -0.4 is 0 Å². The number of rotatable bonds is 2. The topological polar surface area (TPSA) is 34.1 Å². The SMILES string of the molecule is CCS(=O)(=O)C(C)(C)C(C)(C)C. The lowest BCUT2D eigenvalue weighted by Gasteiger charge is -2.37. The second-order valence-corrected chi connectivity index (χ2v) is 7.49. The molecular weight excluding hydrogens is 172 g/mol. The van der Waals surface area contributed by atoms with Crippen molar-refractivity contribution in [3.8, 4) is 0 Å². The van der Waals surface area contributed by atoms with Gasteiger partial charge in [-0.1, -0.05) is 27.7 Å². The Morgan fingerprint density at radius 1 is 1.00 bits per heavy atom. The molecule has 0 aliphatic heterocycles. The van der Waals surface area contributed by atoms with Crippen molar-refractivity contribution < 1.29 is 8.42 Å². The Morgan fingerprint density at radius 2 is 1.33 bits per heavy atom. The first-order valence-corrected chi connectivity index (χ1v) is 5.94. The first kappa shape index (κ1) is 11.9. The van der Waals surface area contributed by atoms with Gasteiger partial charge in [0, 0.05) is 5.75 Å². The minimum atomic E-state index is -2.96. The third-order valence-electron chi connectivity index (χ3n) is 2.96. The molecule has 0 amide bonds. The maximum absolute atomic E-state index is 11.7. The van der Waals surface area contributed by atoms with E-state index < -0.39 is 14.6 Å². The van der Waals surface area contributed by atoms with Gasteiger partial charge in [0.2, 0.25) is 0 Å². The average Bonchev–Trinajstić information content (AvgIpc) is 1.85. The Labute approximate surface area is 76.3 Å². The van der Waals surface area contributed by atoms with Crippen molar-refractivity contribution in [1.82, 2.24) is 0 Å². The normalized spacial score (nSPS) is 14.8. The van der Waals surface area contributed by atoms with Gasteiger partial charge in [-0.3, -0.25) is 0 Å².